The average Bonchev–Trinajstić information content (AvgIpc) is 3.00. The largest absolute Gasteiger partial charge is 0.465 e. The first kappa shape index (κ1) is 36.2. The summed E-state index contributed by atoms with van der Waals surface area (Å²) in [6.07, 6.45) is 3.51. The van der Waals surface area contributed by atoms with Crippen molar-refractivity contribution >= 4 is 12.2 Å². The van der Waals surface area contributed by atoms with Gasteiger partial charge in [-0.3, -0.25) is 9.80 Å². The first-order chi connectivity index (χ1) is 20.4. The third-order valence-electron chi connectivity index (χ3n) is 13.5. The van der Waals surface area contributed by atoms with Crippen molar-refractivity contribution in [3.63, 3.8) is 0 Å². The van der Waals surface area contributed by atoms with Crippen molar-refractivity contribution in [3.8, 4) is 0 Å². The molecule has 2 fully saturated rings. The summed E-state index contributed by atoms with van der Waals surface area (Å²) in [5, 5.41) is 21.1. The van der Waals surface area contributed by atoms with E-state index < -0.39 is 12.2 Å². The SMILES string of the molecule is CCC1(C)CC(N(Cc2cccc(CN(C(=O)O)C3CC(C)(CC)N(C)C(C)(CC)C3C)c2)C(=O)O)C(C)C(C)(CC)N1C. The molecule has 8 nitrogen and oxygen atoms in total. The molecule has 8 heteroatoms. The second-order valence-corrected chi connectivity index (χ2v) is 15.0. The first-order valence-electron chi connectivity index (χ1n) is 16.9. The van der Waals surface area contributed by atoms with Crippen molar-refractivity contribution in [2.75, 3.05) is 14.1 Å². The summed E-state index contributed by atoms with van der Waals surface area (Å²) < 4.78 is 0. The second kappa shape index (κ2) is 13.2. The van der Waals surface area contributed by atoms with Crippen LogP contribution in [0.15, 0.2) is 24.3 Å². The van der Waals surface area contributed by atoms with Gasteiger partial charge in [-0.1, -0.05) is 65.8 Å². The standard InChI is InChI=1S/C36H62N4O4/c1-13-33(7)21-29(25(5)35(9,15-3)37(33)11)39(31(41)42)23-27-18-17-19-28(20-27)24-40(32(43)44)30-22-34(8,14-2)38(12)36(10,16-4)26(30)6/h17-20,25-26,29-30H,13-16,21-24H2,1-12H3,(H,41,42)(H,43,44). The Morgan fingerprint density at radius 3 is 1.34 bits per heavy atom. The third kappa shape index (κ3) is 6.22. The Morgan fingerprint density at radius 2 is 1.07 bits per heavy atom. The van der Waals surface area contributed by atoms with Crippen molar-refractivity contribution in [2.45, 2.75) is 155 Å². The summed E-state index contributed by atoms with van der Waals surface area (Å²) in [6, 6.07) is 7.65. The van der Waals surface area contributed by atoms with Gasteiger partial charge in [0.2, 0.25) is 0 Å². The number of carbonyl (C=O) groups is 2. The minimum atomic E-state index is -0.904. The summed E-state index contributed by atoms with van der Waals surface area (Å²) in [7, 11) is 4.39. The highest BCUT2D eigenvalue weighted by Gasteiger charge is 2.54. The lowest BCUT2D eigenvalue weighted by Gasteiger charge is -2.61. The molecule has 2 heterocycles. The van der Waals surface area contributed by atoms with Crippen LogP contribution in [0.4, 0.5) is 9.59 Å². The molecule has 3 rings (SSSR count). The smallest absolute Gasteiger partial charge is 0.407 e. The zero-order valence-corrected chi connectivity index (χ0v) is 29.8. The van der Waals surface area contributed by atoms with Crippen LogP contribution in [0.2, 0.25) is 0 Å². The molecular formula is C36H62N4O4. The van der Waals surface area contributed by atoms with E-state index in [1.165, 1.54) is 0 Å². The Bertz CT molecular complexity index is 1090. The van der Waals surface area contributed by atoms with Gasteiger partial charge in [-0.25, -0.2) is 9.59 Å². The lowest BCUT2D eigenvalue weighted by Crippen LogP contribution is -2.69. The molecule has 44 heavy (non-hydrogen) atoms. The number of piperidine rings is 2. The summed E-state index contributed by atoms with van der Waals surface area (Å²) >= 11 is 0. The zero-order valence-electron chi connectivity index (χ0n) is 29.8. The molecule has 0 aliphatic carbocycles. The molecule has 2 amide bonds. The molecule has 8 atom stereocenters. The molecule has 2 aliphatic heterocycles. The van der Waals surface area contributed by atoms with Gasteiger partial charge >= 0.3 is 12.2 Å². The van der Waals surface area contributed by atoms with E-state index in [4.69, 9.17) is 0 Å². The predicted octanol–water partition coefficient (Wildman–Crippen LogP) is 8.00. The van der Waals surface area contributed by atoms with Crippen molar-refractivity contribution in [3.05, 3.63) is 35.4 Å². The highest BCUT2D eigenvalue weighted by molar-refractivity contribution is 5.66. The molecule has 0 spiro atoms. The molecule has 2 saturated heterocycles. The minimum Gasteiger partial charge on any atom is -0.465 e. The Balaban J connectivity index is 1.93. The highest BCUT2D eigenvalue weighted by atomic mass is 16.4. The number of hydrogen-bond donors (Lipinski definition) is 2. The van der Waals surface area contributed by atoms with Gasteiger partial charge in [-0.2, -0.15) is 0 Å². The Labute approximate surface area is 267 Å². The van der Waals surface area contributed by atoms with Crippen LogP contribution in [0.1, 0.15) is 119 Å². The average molecular weight is 615 g/mol. The molecule has 0 radical (unpaired) electrons. The van der Waals surface area contributed by atoms with Crippen LogP contribution in [-0.2, 0) is 13.1 Å². The van der Waals surface area contributed by atoms with Crippen molar-refractivity contribution in [1.82, 2.24) is 19.6 Å². The molecule has 250 valence electrons. The lowest BCUT2D eigenvalue weighted by molar-refractivity contribution is -0.102. The van der Waals surface area contributed by atoms with Gasteiger partial charge in [0, 0.05) is 47.3 Å². The van der Waals surface area contributed by atoms with Gasteiger partial charge in [0.1, 0.15) is 0 Å². The fraction of sp³-hybridized carbons (Fsp3) is 0.778. The molecule has 1 aromatic rings. The number of benzene rings is 1. The number of amides is 2. The Kier molecular flexibility index (Phi) is 10.8. The fourth-order valence-electron chi connectivity index (χ4n) is 8.72. The van der Waals surface area contributed by atoms with Gasteiger partial charge in [0.25, 0.3) is 0 Å². The molecule has 0 bridgehead atoms. The summed E-state index contributed by atoms with van der Waals surface area (Å²) in [4.78, 5) is 34.0. The van der Waals surface area contributed by atoms with E-state index in [2.05, 4.69) is 93.1 Å². The lowest BCUT2D eigenvalue weighted by atomic mass is 9.66. The van der Waals surface area contributed by atoms with E-state index in [1.807, 2.05) is 24.3 Å². The van der Waals surface area contributed by atoms with Crippen LogP contribution in [0.25, 0.3) is 0 Å². The van der Waals surface area contributed by atoms with Crippen molar-refractivity contribution in [1.29, 1.82) is 0 Å². The fourth-order valence-corrected chi connectivity index (χ4v) is 8.72. The van der Waals surface area contributed by atoms with Crippen LogP contribution in [0.3, 0.4) is 0 Å². The van der Waals surface area contributed by atoms with Gasteiger partial charge in [0.15, 0.2) is 0 Å². The third-order valence-corrected chi connectivity index (χ3v) is 13.5. The van der Waals surface area contributed by atoms with Crippen LogP contribution in [0, 0.1) is 11.8 Å². The number of hydrogen-bond acceptors (Lipinski definition) is 4. The topological polar surface area (TPSA) is 87.6 Å². The second-order valence-electron chi connectivity index (χ2n) is 15.0. The highest BCUT2D eigenvalue weighted by Crippen LogP contribution is 2.48. The van der Waals surface area contributed by atoms with Gasteiger partial charge in [0.05, 0.1) is 0 Å². The van der Waals surface area contributed by atoms with Gasteiger partial charge in [-0.15, -0.1) is 0 Å². The molecule has 8 unspecified atom stereocenters. The van der Waals surface area contributed by atoms with Crippen molar-refractivity contribution in [2.24, 2.45) is 11.8 Å². The molecule has 2 N–H and O–H groups in total. The quantitative estimate of drug-likeness (QED) is 0.278. The molecule has 1 aromatic carbocycles. The van der Waals surface area contributed by atoms with Crippen LogP contribution < -0.4 is 0 Å². The Hall–Kier alpha value is -2.32. The van der Waals surface area contributed by atoms with E-state index in [0.717, 1.165) is 49.7 Å². The van der Waals surface area contributed by atoms with Crippen LogP contribution in [0.5, 0.6) is 0 Å². The molecule has 0 saturated carbocycles. The number of carboxylic acid groups (broad SMARTS) is 2. The van der Waals surface area contributed by atoms with Crippen molar-refractivity contribution < 1.29 is 19.8 Å². The number of likely N-dealkylation sites (tertiary alicyclic amines) is 2. The maximum Gasteiger partial charge on any atom is 0.407 e. The molecular weight excluding hydrogens is 552 g/mol. The first-order valence-corrected chi connectivity index (χ1v) is 16.9. The van der Waals surface area contributed by atoms with E-state index in [9.17, 15) is 19.8 Å². The molecule has 2 aliphatic rings. The predicted molar refractivity (Wildman–Crippen MR) is 179 cm³/mol. The summed E-state index contributed by atoms with van der Waals surface area (Å²) in [5.74, 6) is 0.288. The maximum absolute atomic E-state index is 12.9. The van der Waals surface area contributed by atoms with E-state index in [1.54, 1.807) is 9.80 Å². The summed E-state index contributed by atoms with van der Waals surface area (Å²) in [5.41, 5.74) is 1.32. The normalized spacial score (nSPS) is 36.6. The molecule has 0 aromatic heterocycles. The van der Waals surface area contributed by atoms with Gasteiger partial charge < -0.3 is 20.0 Å². The minimum absolute atomic E-state index is 0.107. The zero-order chi connectivity index (χ0) is 33.4. The maximum atomic E-state index is 12.9. The summed E-state index contributed by atoms with van der Waals surface area (Å²) in [6.45, 7) is 22.8. The van der Waals surface area contributed by atoms with E-state index in [0.29, 0.717) is 0 Å². The van der Waals surface area contributed by atoms with E-state index in [-0.39, 0.29) is 59.2 Å². The van der Waals surface area contributed by atoms with Crippen LogP contribution in [-0.4, -0.2) is 90.3 Å². The number of nitrogens with zero attached hydrogens (tertiary/aromatic N) is 4. The monoisotopic (exact) mass is 614 g/mol. The number of rotatable bonds is 10. The Morgan fingerprint density at radius 1 is 0.727 bits per heavy atom. The van der Waals surface area contributed by atoms with Gasteiger partial charge in [-0.05, 0) is 103 Å². The van der Waals surface area contributed by atoms with E-state index >= 15 is 0 Å². The van der Waals surface area contributed by atoms with Crippen LogP contribution >= 0.6 is 0 Å².